The first kappa shape index (κ1) is 22.1. The second-order valence-corrected chi connectivity index (χ2v) is 10.9. The average molecular weight is 488 g/mol. The van der Waals surface area contributed by atoms with Crippen molar-refractivity contribution in [1.82, 2.24) is 19.1 Å². The SMILES string of the molecule is Cc1sc2nc(SCC(=O)c3c(N)n(C4CC4)c(=O)[nH]c3=O)n(C3CCCC3)c(=O)c2c1C. The first-order chi connectivity index (χ1) is 15.8. The highest BCUT2D eigenvalue weighted by Gasteiger charge is 2.30. The van der Waals surface area contributed by atoms with Gasteiger partial charge in [0.15, 0.2) is 10.9 Å². The highest BCUT2D eigenvalue weighted by molar-refractivity contribution is 7.99. The number of aryl methyl sites for hydroxylation is 2. The van der Waals surface area contributed by atoms with Crippen LogP contribution in [0.2, 0.25) is 0 Å². The lowest BCUT2D eigenvalue weighted by Crippen LogP contribution is -2.36. The van der Waals surface area contributed by atoms with Gasteiger partial charge >= 0.3 is 5.69 Å². The Bertz CT molecular complexity index is 1450. The molecular formula is C22H25N5O4S2. The lowest BCUT2D eigenvalue weighted by atomic mass is 10.2. The standard InChI is InChI=1S/C22H25N5O4S2/c1-10-11(2)33-19-15(10)20(30)27(12-5-3-4-6-12)22(25-19)32-9-14(28)16-17(23)26(13-7-8-13)21(31)24-18(16)29/h12-13H,3-9,23H2,1-2H3,(H,24,29,31). The molecule has 0 aliphatic heterocycles. The van der Waals surface area contributed by atoms with E-state index in [1.807, 2.05) is 13.8 Å². The lowest BCUT2D eigenvalue weighted by molar-refractivity contribution is 0.102. The fraction of sp³-hybridized carbons (Fsp3) is 0.500. The highest BCUT2D eigenvalue weighted by Crippen LogP contribution is 2.36. The van der Waals surface area contributed by atoms with E-state index in [1.165, 1.54) is 15.9 Å². The molecule has 0 spiro atoms. The number of fused-ring (bicyclic) bond motifs is 1. The van der Waals surface area contributed by atoms with E-state index in [0.717, 1.165) is 60.7 Å². The summed E-state index contributed by atoms with van der Waals surface area (Å²) in [5.41, 5.74) is 5.41. The summed E-state index contributed by atoms with van der Waals surface area (Å²) in [6.07, 6.45) is 5.47. The fourth-order valence-corrected chi connectivity index (χ4v) is 6.62. The second-order valence-electron chi connectivity index (χ2n) is 8.80. The van der Waals surface area contributed by atoms with Crippen LogP contribution in [0.25, 0.3) is 10.2 Å². The Morgan fingerprint density at radius 3 is 2.45 bits per heavy atom. The van der Waals surface area contributed by atoms with Gasteiger partial charge in [0.1, 0.15) is 16.2 Å². The van der Waals surface area contributed by atoms with Crippen LogP contribution >= 0.6 is 23.1 Å². The number of rotatable bonds is 6. The van der Waals surface area contributed by atoms with Crippen molar-refractivity contribution in [2.24, 2.45) is 0 Å². The highest BCUT2D eigenvalue weighted by atomic mass is 32.2. The summed E-state index contributed by atoms with van der Waals surface area (Å²) in [6, 6.07) is -0.0210. The van der Waals surface area contributed by atoms with E-state index in [0.29, 0.717) is 15.4 Å². The maximum absolute atomic E-state index is 13.5. The zero-order chi connectivity index (χ0) is 23.4. The van der Waals surface area contributed by atoms with Gasteiger partial charge in [-0.25, -0.2) is 9.78 Å². The van der Waals surface area contributed by atoms with Crippen LogP contribution in [0, 0.1) is 13.8 Å². The van der Waals surface area contributed by atoms with Crippen molar-refractivity contribution in [2.75, 3.05) is 11.5 Å². The number of H-pyrrole nitrogens is 1. The first-order valence-corrected chi connectivity index (χ1v) is 12.9. The number of Topliss-reactive ketones (excluding diaryl/α,β-unsaturated/α-hetero) is 1. The van der Waals surface area contributed by atoms with Gasteiger partial charge in [-0.3, -0.25) is 28.5 Å². The molecule has 0 saturated heterocycles. The molecule has 0 unspecified atom stereocenters. The molecule has 2 aliphatic rings. The van der Waals surface area contributed by atoms with Gasteiger partial charge in [0.25, 0.3) is 11.1 Å². The summed E-state index contributed by atoms with van der Waals surface area (Å²) < 4.78 is 3.04. The van der Waals surface area contributed by atoms with Crippen LogP contribution in [-0.4, -0.2) is 30.6 Å². The molecule has 11 heteroatoms. The summed E-state index contributed by atoms with van der Waals surface area (Å²) in [4.78, 5) is 59.8. The zero-order valence-corrected chi connectivity index (χ0v) is 20.1. The topological polar surface area (TPSA) is 133 Å². The molecule has 3 aromatic rings. The van der Waals surface area contributed by atoms with E-state index in [1.54, 1.807) is 4.57 Å². The average Bonchev–Trinajstić information content (AvgIpc) is 3.34. The van der Waals surface area contributed by atoms with Gasteiger partial charge < -0.3 is 5.73 Å². The number of nitrogens with two attached hydrogens (primary N) is 1. The molecule has 0 radical (unpaired) electrons. The molecule has 2 fully saturated rings. The van der Waals surface area contributed by atoms with Crippen molar-refractivity contribution in [3.63, 3.8) is 0 Å². The predicted octanol–water partition coefficient (Wildman–Crippen LogP) is 2.93. The smallest absolute Gasteiger partial charge is 0.330 e. The van der Waals surface area contributed by atoms with Crippen LogP contribution in [-0.2, 0) is 0 Å². The molecular weight excluding hydrogens is 462 g/mol. The zero-order valence-electron chi connectivity index (χ0n) is 18.5. The predicted molar refractivity (Wildman–Crippen MR) is 130 cm³/mol. The van der Waals surface area contributed by atoms with Crippen molar-refractivity contribution in [1.29, 1.82) is 0 Å². The van der Waals surface area contributed by atoms with Gasteiger partial charge in [0.2, 0.25) is 0 Å². The third kappa shape index (κ3) is 3.76. The van der Waals surface area contributed by atoms with E-state index in [9.17, 15) is 19.2 Å². The van der Waals surface area contributed by atoms with Gasteiger partial charge in [-0.15, -0.1) is 11.3 Å². The van der Waals surface area contributed by atoms with Crippen LogP contribution in [0.1, 0.15) is 71.4 Å². The molecule has 0 aromatic carbocycles. The van der Waals surface area contributed by atoms with Crippen LogP contribution in [0.15, 0.2) is 19.5 Å². The van der Waals surface area contributed by atoms with Crippen molar-refractivity contribution in [3.05, 3.63) is 47.2 Å². The van der Waals surface area contributed by atoms with Gasteiger partial charge in [-0.05, 0) is 45.1 Å². The number of thiophene rings is 1. The van der Waals surface area contributed by atoms with Crippen LogP contribution in [0.4, 0.5) is 5.82 Å². The molecule has 2 saturated carbocycles. The minimum absolute atomic E-state index is 0.0526. The van der Waals surface area contributed by atoms with E-state index in [-0.39, 0.29) is 34.8 Å². The van der Waals surface area contributed by atoms with E-state index in [2.05, 4.69) is 4.98 Å². The Labute approximate surface area is 197 Å². The molecule has 174 valence electrons. The molecule has 2 aliphatic carbocycles. The van der Waals surface area contributed by atoms with Crippen LogP contribution < -0.4 is 22.5 Å². The Hall–Kier alpha value is -2.66. The molecule has 5 rings (SSSR count). The van der Waals surface area contributed by atoms with E-state index in [4.69, 9.17) is 10.7 Å². The van der Waals surface area contributed by atoms with Gasteiger partial charge in [0, 0.05) is 17.0 Å². The fourth-order valence-electron chi connectivity index (χ4n) is 4.61. The number of carbonyl (C=O) groups excluding carboxylic acids is 1. The number of aromatic amines is 1. The Balaban J connectivity index is 1.53. The Morgan fingerprint density at radius 2 is 1.79 bits per heavy atom. The molecule has 9 nitrogen and oxygen atoms in total. The van der Waals surface area contributed by atoms with Crippen molar-refractivity contribution >= 4 is 44.9 Å². The maximum atomic E-state index is 13.5. The number of carbonyl (C=O) groups is 1. The number of hydrogen-bond acceptors (Lipinski definition) is 8. The largest absolute Gasteiger partial charge is 0.384 e. The number of nitrogens with zero attached hydrogens (tertiary/aromatic N) is 3. The lowest BCUT2D eigenvalue weighted by Gasteiger charge is -2.18. The summed E-state index contributed by atoms with van der Waals surface area (Å²) in [6.45, 7) is 3.91. The quantitative estimate of drug-likeness (QED) is 0.310. The summed E-state index contributed by atoms with van der Waals surface area (Å²) in [7, 11) is 0. The molecule has 3 heterocycles. The molecule has 0 amide bonds. The Morgan fingerprint density at radius 1 is 1.12 bits per heavy atom. The Kier molecular flexibility index (Phi) is 5.56. The molecule has 0 bridgehead atoms. The minimum atomic E-state index is -0.777. The monoisotopic (exact) mass is 487 g/mol. The van der Waals surface area contributed by atoms with Crippen molar-refractivity contribution in [2.45, 2.75) is 69.6 Å². The number of nitrogen functional groups attached to an aromatic ring is 1. The summed E-state index contributed by atoms with van der Waals surface area (Å²) in [5.74, 6) is -0.679. The van der Waals surface area contributed by atoms with Gasteiger partial charge in [-0.1, -0.05) is 24.6 Å². The molecule has 33 heavy (non-hydrogen) atoms. The van der Waals surface area contributed by atoms with Crippen LogP contribution in [0.3, 0.4) is 0 Å². The van der Waals surface area contributed by atoms with E-state index >= 15 is 0 Å². The number of aromatic nitrogens is 4. The number of thioether (sulfide) groups is 1. The molecule has 0 atom stereocenters. The second kappa shape index (κ2) is 8.28. The number of ketones is 1. The van der Waals surface area contributed by atoms with Crippen molar-refractivity contribution < 1.29 is 4.79 Å². The van der Waals surface area contributed by atoms with Gasteiger partial charge in [0.05, 0.1) is 11.1 Å². The number of nitrogens with one attached hydrogen (secondary N) is 1. The summed E-state index contributed by atoms with van der Waals surface area (Å²) in [5, 5.41) is 1.14. The van der Waals surface area contributed by atoms with Gasteiger partial charge in [-0.2, -0.15) is 0 Å². The third-order valence-electron chi connectivity index (χ3n) is 6.60. The van der Waals surface area contributed by atoms with Crippen LogP contribution in [0.5, 0.6) is 0 Å². The van der Waals surface area contributed by atoms with Crippen molar-refractivity contribution in [3.8, 4) is 0 Å². The number of anilines is 1. The van der Waals surface area contributed by atoms with E-state index < -0.39 is 17.0 Å². The third-order valence-corrected chi connectivity index (χ3v) is 8.65. The molecule has 3 aromatic heterocycles. The first-order valence-electron chi connectivity index (χ1n) is 11.1. The normalized spacial score (nSPS) is 16.7. The maximum Gasteiger partial charge on any atom is 0.330 e. The summed E-state index contributed by atoms with van der Waals surface area (Å²) >= 11 is 2.62. The minimum Gasteiger partial charge on any atom is -0.384 e. The molecule has 3 N–H and O–H groups in total. The number of hydrogen-bond donors (Lipinski definition) is 2.